The minimum absolute atomic E-state index is 0.148. The lowest BCUT2D eigenvalue weighted by Crippen LogP contribution is -2.49. The van der Waals surface area contributed by atoms with Crippen LogP contribution in [-0.4, -0.2) is 68.1 Å². The maximum absolute atomic E-state index is 14.9. The van der Waals surface area contributed by atoms with Crippen molar-refractivity contribution in [1.29, 1.82) is 0 Å². The van der Waals surface area contributed by atoms with Gasteiger partial charge in [0.05, 0.1) is 22.6 Å². The lowest BCUT2D eigenvalue weighted by Gasteiger charge is -2.35. The third-order valence-electron chi connectivity index (χ3n) is 5.91. The number of carbonyl (C=O) groups excluding carboxylic acids is 2. The molecular formula is C22H23Cl2FN4O3. The topological polar surface area (TPSA) is 74.8 Å². The van der Waals surface area contributed by atoms with Crippen molar-refractivity contribution in [3.63, 3.8) is 0 Å². The number of amides is 2. The average Bonchev–Trinajstić information content (AvgIpc) is 3.13. The highest BCUT2D eigenvalue weighted by Gasteiger charge is 2.37. The van der Waals surface area contributed by atoms with Crippen LogP contribution in [0, 0.1) is 11.7 Å². The van der Waals surface area contributed by atoms with Crippen LogP contribution in [0.15, 0.2) is 30.5 Å². The van der Waals surface area contributed by atoms with Gasteiger partial charge in [-0.3, -0.25) is 9.59 Å². The Morgan fingerprint density at radius 2 is 2.00 bits per heavy atom. The van der Waals surface area contributed by atoms with E-state index in [1.165, 1.54) is 18.3 Å². The average molecular weight is 481 g/mol. The second-order valence-corrected chi connectivity index (χ2v) is 8.76. The van der Waals surface area contributed by atoms with Crippen molar-refractivity contribution < 1.29 is 18.7 Å². The summed E-state index contributed by atoms with van der Waals surface area (Å²) in [5.74, 6) is -1.19. The van der Waals surface area contributed by atoms with Crippen LogP contribution in [0.4, 0.5) is 10.2 Å². The number of rotatable bonds is 5. The molecule has 1 aromatic carbocycles. The number of hydrogen-bond donors (Lipinski definition) is 1. The molecule has 0 bridgehead atoms. The Balaban J connectivity index is 1.44. The van der Waals surface area contributed by atoms with Crippen molar-refractivity contribution in [2.24, 2.45) is 5.92 Å². The van der Waals surface area contributed by atoms with E-state index >= 15 is 0 Å². The van der Waals surface area contributed by atoms with E-state index in [4.69, 9.17) is 27.9 Å². The second kappa shape index (κ2) is 9.60. The van der Waals surface area contributed by atoms with Crippen molar-refractivity contribution >= 4 is 40.8 Å². The first-order chi connectivity index (χ1) is 15.4. The van der Waals surface area contributed by atoms with Gasteiger partial charge in [0, 0.05) is 63.1 Å². The van der Waals surface area contributed by atoms with E-state index in [1.54, 1.807) is 24.1 Å². The number of aromatic nitrogens is 1. The number of methoxy groups -OCH3 is 1. The van der Waals surface area contributed by atoms with Gasteiger partial charge >= 0.3 is 0 Å². The number of halogens is 3. The van der Waals surface area contributed by atoms with Crippen LogP contribution in [-0.2, 0) is 9.53 Å². The van der Waals surface area contributed by atoms with E-state index in [0.717, 1.165) is 0 Å². The van der Waals surface area contributed by atoms with Gasteiger partial charge in [-0.25, -0.2) is 9.37 Å². The Kier molecular flexibility index (Phi) is 6.83. The van der Waals surface area contributed by atoms with Gasteiger partial charge in [-0.2, -0.15) is 0 Å². The van der Waals surface area contributed by atoms with Crippen molar-refractivity contribution in [2.45, 2.75) is 5.92 Å². The molecule has 1 aromatic heterocycles. The van der Waals surface area contributed by atoms with E-state index in [2.05, 4.69) is 10.3 Å². The van der Waals surface area contributed by atoms with Gasteiger partial charge in [-0.05, 0) is 18.2 Å². The Hall–Kier alpha value is -2.42. The largest absolute Gasteiger partial charge is 0.384 e. The molecule has 1 N–H and O–H groups in total. The summed E-state index contributed by atoms with van der Waals surface area (Å²) in [5.41, 5.74) is 0.538. The van der Waals surface area contributed by atoms with Gasteiger partial charge in [0.15, 0.2) is 0 Å². The number of anilines is 1. The van der Waals surface area contributed by atoms with Crippen molar-refractivity contribution in [3.8, 4) is 0 Å². The summed E-state index contributed by atoms with van der Waals surface area (Å²) in [5, 5.41) is 3.67. The first kappa shape index (κ1) is 22.8. The molecule has 32 heavy (non-hydrogen) atoms. The maximum Gasteiger partial charge on any atom is 0.254 e. The van der Waals surface area contributed by atoms with Crippen LogP contribution in [0.3, 0.4) is 0 Å². The zero-order chi connectivity index (χ0) is 22.8. The lowest BCUT2D eigenvalue weighted by molar-refractivity contribution is -0.120. The third kappa shape index (κ3) is 4.53. The van der Waals surface area contributed by atoms with Crippen LogP contribution in [0.1, 0.15) is 21.8 Å². The Morgan fingerprint density at radius 3 is 2.66 bits per heavy atom. The zero-order valence-corrected chi connectivity index (χ0v) is 19.0. The predicted octanol–water partition coefficient (Wildman–Crippen LogP) is 2.97. The summed E-state index contributed by atoms with van der Waals surface area (Å²) in [4.78, 5) is 33.1. The number of nitrogens with one attached hydrogen (secondary N) is 1. The summed E-state index contributed by atoms with van der Waals surface area (Å²) in [7, 11) is 1.55. The molecule has 2 aromatic rings. The van der Waals surface area contributed by atoms with E-state index in [0.29, 0.717) is 55.2 Å². The molecule has 0 radical (unpaired) electrons. The maximum atomic E-state index is 14.9. The lowest BCUT2D eigenvalue weighted by atomic mass is 9.88. The normalized spacial score (nSPS) is 21.1. The van der Waals surface area contributed by atoms with E-state index in [9.17, 15) is 14.0 Å². The first-order valence-corrected chi connectivity index (χ1v) is 11.1. The van der Waals surface area contributed by atoms with Gasteiger partial charge in [0.25, 0.3) is 5.91 Å². The van der Waals surface area contributed by atoms with E-state index in [-0.39, 0.29) is 28.9 Å². The molecule has 170 valence electrons. The minimum atomic E-state index is -0.626. The molecule has 1 unspecified atom stereocenters. The number of nitrogens with zero attached hydrogens (tertiary/aromatic N) is 3. The molecule has 10 heteroatoms. The molecule has 0 spiro atoms. The van der Waals surface area contributed by atoms with E-state index < -0.39 is 11.7 Å². The first-order valence-electron chi connectivity index (χ1n) is 10.3. The Labute approximate surface area is 195 Å². The quantitative estimate of drug-likeness (QED) is 0.711. The number of pyridine rings is 1. The molecule has 2 aliphatic heterocycles. The standard InChI is InChI=1S/C22H23Cl2FN4O3/c1-32-12-14-10-27-21(30)19(14)16-3-2-13(8-18(16)25)22(31)29-6-4-28(5-7-29)20-17(24)9-15(23)11-26-20/h2-3,8-9,11,14,19H,4-7,10,12H2,1H3,(H,27,30)/t14?,19-/m1/s1. The summed E-state index contributed by atoms with van der Waals surface area (Å²) in [6.07, 6.45) is 1.53. The van der Waals surface area contributed by atoms with Crippen LogP contribution < -0.4 is 10.2 Å². The van der Waals surface area contributed by atoms with Crippen LogP contribution in [0.5, 0.6) is 0 Å². The van der Waals surface area contributed by atoms with Crippen molar-refractivity contribution in [3.05, 3.63) is 57.5 Å². The molecule has 7 nitrogen and oxygen atoms in total. The van der Waals surface area contributed by atoms with Crippen LogP contribution in [0.25, 0.3) is 0 Å². The summed E-state index contributed by atoms with van der Waals surface area (Å²) < 4.78 is 20.1. The molecule has 0 saturated carbocycles. The van der Waals surface area contributed by atoms with Gasteiger partial charge in [0.1, 0.15) is 11.6 Å². The smallest absolute Gasteiger partial charge is 0.254 e. The fourth-order valence-electron chi connectivity index (χ4n) is 4.29. The van der Waals surface area contributed by atoms with Gasteiger partial charge in [-0.1, -0.05) is 29.3 Å². The third-order valence-corrected chi connectivity index (χ3v) is 6.40. The van der Waals surface area contributed by atoms with Gasteiger partial charge in [0.2, 0.25) is 5.91 Å². The Morgan fingerprint density at radius 1 is 1.25 bits per heavy atom. The van der Waals surface area contributed by atoms with Crippen molar-refractivity contribution in [2.75, 3.05) is 51.3 Å². The fourth-order valence-corrected chi connectivity index (χ4v) is 4.79. The molecule has 2 amide bonds. The molecule has 2 aliphatic rings. The summed E-state index contributed by atoms with van der Waals surface area (Å²) in [6.45, 7) is 2.77. The highest BCUT2D eigenvalue weighted by atomic mass is 35.5. The summed E-state index contributed by atoms with van der Waals surface area (Å²) >= 11 is 12.1. The number of carbonyl (C=O) groups is 2. The van der Waals surface area contributed by atoms with E-state index in [1.807, 2.05) is 4.90 Å². The molecule has 4 rings (SSSR count). The van der Waals surface area contributed by atoms with Gasteiger partial charge in [-0.15, -0.1) is 0 Å². The number of ether oxygens (including phenoxy) is 1. The van der Waals surface area contributed by atoms with Crippen LogP contribution >= 0.6 is 23.2 Å². The molecule has 2 fully saturated rings. The number of piperazine rings is 1. The second-order valence-electron chi connectivity index (χ2n) is 7.91. The molecule has 0 aliphatic carbocycles. The zero-order valence-electron chi connectivity index (χ0n) is 17.5. The SMILES string of the molecule is COCC1CNC(=O)[C@H]1c1ccc(C(=O)N2CCN(c3ncc(Cl)cc3Cl)CC2)cc1F. The highest BCUT2D eigenvalue weighted by Crippen LogP contribution is 2.32. The Bertz CT molecular complexity index is 1030. The molecule has 3 heterocycles. The van der Waals surface area contributed by atoms with Gasteiger partial charge < -0.3 is 19.9 Å². The monoisotopic (exact) mass is 480 g/mol. The van der Waals surface area contributed by atoms with Crippen LogP contribution in [0.2, 0.25) is 10.0 Å². The molecule has 2 saturated heterocycles. The minimum Gasteiger partial charge on any atom is -0.384 e. The number of hydrogen-bond acceptors (Lipinski definition) is 5. The molecule has 2 atom stereocenters. The fraction of sp³-hybridized carbons (Fsp3) is 0.409. The number of benzene rings is 1. The van der Waals surface area contributed by atoms with Crippen molar-refractivity contribution in [1.82, 2.24) is 15.2 Å². The predicted molar refractivity (Wildman–Crippen MR) is 120 cm³/mol. The summed E-state index contributed by atoms with van der Waals surface area (Å²) in [6, 6.07) is 5.97. The molecular weight excluding hydrogens is 458 g/mol. The highest BCUT2D eigenvalue weighted by molar-refractivity contribution is 6.36.